The third-order valence-electron chi connectivity index (χ3n) is 4.83. The molecule has 0 aromatic heterocycles. The molecule has 0 amide bonds. The molecule has 0 aromatic carbocycles. The summed E-state index contributed by atoms with van der Waals surface area (Å²) in [4.78, 5) is 9.45. The van der Waals surface area contributed by atoms with Gasteiger partial charge in [0, 0.05) is 38.9 Å². The van der Waals surface area contributed by atoms with Gasteiger partial charge in [-0.15, -0.1) is 0 Å². The summed E-state index contributed by atoms with van der Waals surface area (Å²) in [6.07, 6.45) is 5.00. The van der Waals surface area contributed by atoms with Crippen LogP contribution in [0, 0.1) is 0 Å². The second-order valence-electron chi connectivity index (χ2n) is 6.01. The maximum absolute atomic E-state index is 5.58. The zero-order valence-electron chi connectivity index (χ0n) is 12.0. The van der Waals surface area contributed by atoms with Crippen LogP contribution in [0.25, 0.3) is 0 Å². The first-order valence-corrected chi connectivity index (χ1v) is 7.62. The van der Waals surface area contributed by atoms with E-state index in [4.69, 9.17) is 4.74 Å². The van der Waals surface area contributed by atoms with E-state index in [0.29, 0.717) is 5.54 Å². The van der Waals surface area contributed by atoms with Crippen molar-refractivity contribution in [1.82, 2.24) is 15.1 Å². The van der Waals surface area contributed by atoms with Crippen LogP contribution in [0.1, 0.15) is 25.7 Å². The van der Waals surface area contributed by atoms with Gasteiger partial charge in [0.25, 0.3) is 0 Å². The molecule has 2 saturated heterocycles. The van der Waals surface area contributed by atoms with Gasteiger partial charge in [0.05, 0.1) is 6.54 Å². The van der Waals surface area contributed by atoms with Crippen LogP contribution >= 0.6 is 0 Å². The van der Waals surface area contributed by atoms with Gasteiger partial charge < -0.3 is 15.0 Å². The Morgan fingerprint density at radius 1 is 1.21 bits per heavy atom. The fourth-order valence-electron chi connectivity index (χ4n) is 3.51. The number of nitrogens with zero attached hydrogens (tertiary/aromatic N) is 3. The molecule has 0 bridgehead atoms. The Labute approximate surface area is 116 Å². The molecule has 5 nitrogen and oxygen atoms in total. The largest absolute Gasteiger partial charge is 0.381 e. The molecule has 3 rings (SSSR count). The molecule has 0 atom stereocenters. The maximum atomic E-state index is 5.58. The quantitative estimate of drug-likeness (QED) is 0.808. The standard InChI is InChI=1S/C14H26N4O/c1-17-9-6-15-13(17)16-12-14(4-10-19-11-5-14)18-7-2-3-8-18/h2-12H2,1H3,(H,15,16). The molecule has 3 aliphatic heterocycles. The Morgan fingerprint density at radius 3 is 2.58 bits per heavy atom. The predicted octanol–water partition coefficient (Wildman–Crippen LogP) is 0.522. The minimum Gasteiger partial charge on any atom is -0.381 e. The maximum Gasteiger partial charge on any atom is 0.193 e. The molecular weight excluding hydrogens is 240 g/mol. The van der Waals surface area contributed by atoms with Crippen LogP contribution in [0.15, 0.2) is 4.99 Å². The number of hydrogen-bond acceptors (Lipinski definition) is 5. The van der Waals surface area contributed by atoms with Crippen LogP contribution in [0.5, 0.6) is 0 Å². The van der Waals surface area contributed by atoms with Gasteiger partial charge in [0.1, 0.15) is 0 Å². The third kappa shape index (κ3) is 2.72. The average Bonchev–Trinajstić information content (AvgIpc) is 3.09. The second kappa shape index (κ2) is 5.67. The lowest BCUT2D eigenvalue weighted by atomic mass is 9.88. The fourth-order valence-corrected chi connectivity index (χ4v) is 3.51. The van der Waals surface area contributed by atoms with Gasteiger partial charge >= 0.3 is 0 Å². The van der Waals surface area contributed by atoms with Crippen LogP contribution in [0.4, 0.5) is 0 Å². The van der Waals surface area contributed by atoms with Crippen molar-refractivity contribution in [2.45, 2.75) is 31.2 Å². The molecule has 0 unspecified atom stereocenters. The van der Waals surface area contributed by atoms with E-state index in [1.165, 1.54) is 25.9 Å². The van der Waals surface area contributed by atoms with Crippen LogP contribution in [-0.2, 0) is 4.74 Å². The monoisotopic (exact) mass is 266 g/mol. The summed E-state index contributed by atoms with van der Waals surface area (Å²) in [6.45, 7) is 7.30. The SMILES string of the molecule is CN1CCN=C1NCC1(N2CCCC2)CCOCC1. The van der Waals surface area contributed by atoms with Crippen molar-refractivity contribution in [1.29, 1.82) is 0 Å². The Bertz CT molecular complexity index is 332. The summed E-state index contributed by atoms with van der Waals surface area (Å²) in [5, 5.41) is 3.60. The summed E-state index contributed by atoms with van der Waals surface area (Å²) < 4.78 is 5.58. The summed E-state index contributed by atoms with van der Waals surface area (Å²) in [5.41, 5.74) is 0.292. The third-order valence-corrected chi connectivity index (χ3v) is 4.83. The number of rotatable bonds is 3. The van der Waals surface area contributed by atoms with E-state index in [-0.39, 0.29) is 0 Å². The number of likely N-dealkylation sites (tertiary alicyclic amines) is 1. The molecule has 1 N–H and O–H groups in total. The Balaban J connectivity index is 1.65. The lowest BCUT2D eigenvalue weighted by Crippen LogP contribution is -2.58. The molecule has 3 heterocycles. The van der Waals surface area contributed by atoms with E-state index in [1.54, 1.807) is 0 Å². The highest BCUT2D eigenvalue weighted by Gasteiger charge is 2.39. The van der Waals surface area contributed by atoms with Crippen LogP contribution < -0.4 is 5.32 Å². The average molecular weight is 266 g/mol. The van der Waals surface area contributed by atoms with Gasteiger partial charge in [-0.25, -0.2) is 0 Å². The fraction of sp³-hybridized carbons (Fsp3) is 0.929. The topological polar surface area (TPSA) is 40.1 Å². The van der Waals surface area contributed by atoms with Crippen LogP contribution in [0.2, 0.25) is 0 Å². The Hall–Kier alpha value is -0.810. The molecule has 0 aliphatic carbocycles. The first kappa shape index (κ1) is 13.2. The molecule has 0 radical (unpaired) electrons. The first-order chi connectivity index (χ1) is 9.30. The summed E-state index contributed by atoms with van der Waals surface area (Å²) in [7, 11) is 2.12. The van der Waals surface area contributed by atoms with Gasteiger partial charge in [0.15, 0.2) is 5.96 Å². The van der Waals surface area contributed by atoms with Crippen molar-refractivity contribution < 1.29 is 4.74 Å². The molecule has 0 spiro atoms. The minimum absolute atomic E-state index is 0.292. The van der Waals surface area contributed by atoms with E-state index in [1.807, 2.05) is 0 Å². The Morgan fingerprint density at radius 2 is 1.95 bits per heavy atom. The summed E-state index contributed by atoms with van der Waals surface area (Å²) in [6, 6.07) is 0. The van der Waals surface area contributed by atoms with Crippen molar-refractivity contribution in [2.24, 2.45) is 4.99 Å². The van der Waals surface area contributed by atoms with Gasteiger partial charge in [-0.2, -0.15) is 0 Å². The molecular formula is C14H26N4O. The van der Waals surface area contributed by atoms with Crippen molar-refractivity contribution in [3.05, 3.63) is 0 Å². The highest BCUT2D eigenvalue weighted by molar-refractivity contribution is 5.81. The highest BCUT2D eigenvalue weighted by Crippen LogP contribution is 2.30. The van der Waals surface area contributed by atoms with Crippen LogP contribution in [-0.4, -0.2) is 74.3 Å². The first-order valence-electron chi connectivity index (χ1n) is 7.62. The van der Waals surface area contributed by atoms with Gasteiger partial charge in [-0.3, -0.25) is 9.89 Å². The molecule has 2 fully saturated rings. The highest BCUT2D eigenvalue weighted by atomic mass is 16.5. The van der Waals surface area contributed by atoms with E-state index < -0.39 is 0 Å². The van der Waals surface area contributed by atoms with E-state index in [0.717, 1.165) is 51.6 Å². The van der Waals surface area contributed by atoms with Gasteiger partial charge in [-0.1, -0.05) is 0 Å². The van der Waals surface area contributed by atoms with Gasteiger partial charge in [-0.05, 0) is 38.8 Å². The van der Waals surface area contributed by atoms with Crippen molar-refractivity contribution in [3.8, 4) is 0 Å². The number of ether oxygens (including phenoxy) is 1. The zero-order chi connectivity index (χ0) is 13.1. The Kier molecular flexibility index (Phi) is 3.93. The lowest BCUT2D eigenvalue weighted by molar-refractivity contribution is -0.0165. The second-order valence-corrected chi connectivity index (χ2v) is 6.01. The number of nitrogens with one attached hydrogen (secondary N) is 1. The molecule has 5 heteroatoms. The summed E-state index contributed by atoms with van der Waals surface area (Å²) >= 11 is 0. The molecule has 108 valence electrons. The van der Waals surface area contributed by atoms with Crippen LogP contribution in [0.3, 0.4) is 0 Å². The smallest absolute Gasteiger partial charge is 0.193 e. The normalized spacial score (nSPS) is 27.6. The lowest BCUT2D eigenvalue weighted by Gasteiger charge is -2.45. The molecule has 19 heavy (non-hydrogen) atoms. The van der Waals surface area contributed by atoms with E-state index >= 15 is 0 Å². The molecule has 0 saturated carbocycles. The minimum atomic E-state index is 0.292. The van der Waals surface area contributed by atoms with Crippen molar-refractivity contribution >= 4 is 5.96 Å². The zero-order valence-corrected chi connectivity index (χ0v) is 12.0. The number of hydrogen-bond donors (Lipinski definition) is 1. The number of aliphatic imine (C=N–C) groups is 1. The summed E-state index contributed by atoms with van der Waals surface area (Å²) in [5.74, 6) is 1.07. The number of guanidine groups is 1. The van der Waals surface area contributed by atoms with E-state index in [2.05, 4.69) is 27.2 Å². The predicted molar refractivity (Wildman–Crippen MR) is 76.5 cm³/mol. The number of likely N-dealkylation sites (N-methyl/N-ethyl adjacent to an activating group) is 1. The van der Waals surface area contributed by atoms with Crippen molar-refractivity contribution in [2.75, 3.05) is 53.0 Å². The van der Waals surface area contributed by atoms with Gasteiger partial charge in [0.2, 0.25) is 0 Å². The van der Waals surface area contributed by atoms with Crippen molar-refractivity contribution in [3.63, 3.8) is 0 Å². The molecule has 3 aliphatic rings. The molecule has 0 aromatic rings. The van der Waals surface area contributed by atoms with E-state index in [9.17, 15) is 0 Å².